The molecule has 3 amide bonds. The molecule has 296 valence electrons. The summed E-state index contributed by atoms with van der Waals surface area (Å²) in [6.45, 7) is 7.68. The number of benzene rings is 4. The average Bonchev–Trinajstić information content (AvgIpc) is 3.77. The molecular formula is C45H51N5O6Si. The van der Waals surface area contributed by atoms with Gasteiger partial charge >= 0.3 is 0 Å². The number of hydrogen-bond acceptors (Lipinski definition) is 8. The maximum Gasteiger partial charge on any atom is 0.268 e. The standard InChI is InChI=1S/C45H51N5O6Si/c1-30-41(57(2,3)55)39(26-40(52)47-27-32-13-11-10-12-31(32)24-36(47)28-51)56-45(30)37-25-35(18-19-38(37)50(43(45)54)34-16-8-5-9-17-34)48-29-49(33-14-6-4-7-15-33)44(42(48)53)20-22-46-23-21-44/h4-19,25,30,36,39,41,46,51,55H,20-24,26-29H2,1-3H3/t30-,36-,39+,41-,45+/m0/s1. The fourth-order valence-electron chi connectivity index (χ4n) is 10.7. The van der Waals surface area contributed by atoms with Crippen molar-refractivity contribution in [2.75, 3.05) is 41.1 Å². The number of aliphatic hydroxyl groups excluding tert-OH is 1. The quantitative estimate of drug-likeness (QED) is 0.212. The lowest BCUT2D eigenvalue weighted by Crippen LogP contribution is -2.55. The third-order valence-electron chi connectivity index (χ3n) is 13.4. The summed E-state index contributed by atoms with van der Waals surface area (Å²) < 4.78 is 7.15. The van der Waals surface area contributed by atoms with Crippen LogP contribution >= 0.6 is 0 Å². The molecule has 0 aromatic heterocycles. The molecule has 4 aromatic carbocycles. The Kier molecular flexibility index (Phi) is 9.40. The second-order valence-electron chi connectivity index (χ2n) is 17.0. The van der Waals surface area contributed by atoms with E-state index in [2.05, 4.69) is 22.3 Å². The van der Waals surface area contributed by atoms with Gasteiger partial charge in [-0.3, -0.25) is 24.2 Å². The highest BCUT2D eigenvalue weighted by Gasteiger charge is 2.67. The van der Waals surface area contributed by atoms with E-state index in [4.69, 9.17) is 4.74 Å². The van der Waals surface area contributed by atoms with Crippen molar-refractivity contribution in [2.24, 2.45) is 5.92 Å². The Morgan fingerprint density at radius 3 is 2.18 bits per heavy atom. The highest BCUT2D eigenvalue weighted by Crippen LogP contribution is 2.61. The normalized spacial score (nSPS) is 26.8. The van der Waals surface area contributed by atoms with Gasteiger partial charge in [-0.25, -0.2) is 0 Å². The van der Waals surface area contributed by atoms with Gasteiger partial charge < -0.3 is 29.8 Å². The van der Waals surface area contributed by atoms with Gasteiger partial charge in [0.25, 0.3) is 11.8 Å². The van der Waals surface area contributed by atoms with Crippen LogP contribution in [-0.4, -0.2) is 84.9 Å². The molecule has 5 aliphatic heterocycles. The molecule has 5 heterocycles. The van der Waals surface area contributed by atoms with Crippen molar-refractivity contribution in [1.29, 1.82) is 0 Å². The van der Waals surface area contributed by atoms with E-state index >= 15 is 4.79 Å². The predicted octanol–water partition coefficient (Wildman–Crippen LogP) is 5.43. The van der Waals surface area contributed by atoms with E-state index < -0.39 is 37.0 Å². The van der Waals surface area contributed by atoms with E-state index in [0.29, 0.717) is 55.1 Å². The van der Waals surface area contributed by atoms with E-state index in [1.165, 1.54) is 0 Å². The van der Waals surface area contributed by atoms with Crippen LogP contribution in [0.4, 0.5) is 22.7 Å². The summed E-state index contributed by atoms with van der Waals surface area (Å²) in [6.07, 6.45) is 1.06. The number of nitrogens with one attached hydrogen (secondary N) is 1. The zero-order valence-corrected chi connectivity index (χ0v) is 33.8. The van der Waals surface area contributed by atoms with Crippen molar-refractivity contribution in [3.05, 3.63) is 120 Å². The number of hydrogen-bond donors (Lipinski definition) is 3. The van der Waals surface area contributed by atoms with Crippen LogP contribution in [-0.2, 0) is 37.7 Å². The zero-order valence-electron chi connectivity index (χ0n) is 32.8. The van der Waals surface area contributed by atoms with Gasteiger partial charge in [0.1, 0.15) is 5.54 Å². The molecule has 12 heteroatoms. The van der Waals surface area contributed by atoms with Crippen LogP contribution in [0.1, 0.15) is 42.9 Å². The maximum atomic E-state index is 15.3. The molecule has 3 fully saturated rings. The monoisotopic (exact) mass is 785 g/mol. The number of piperidine rings is 1. The zero-order chi connectivity index (χ0) is 39.7. The summed E-state index contributed by atoms with van der Waals surface area (Å²) >= 11 is 0. The predicted molar refractivity (Wildman–Crippen MR) is 221 cm³/mol. The van der Waals surface area contributed by atoms with Crippen LogP contribution in [0.3, 0.4) is 0 Å². The van der Waals surface area contributed by atoms with Gasteiger partial charge in [-0.15, -0.1) is 0 Å². The molecule has 0 unspecified atom stereocenters. The number of amides is 3. The number of ether oxygens (including phenoxy) is 1. The van der Waals surface area contributed by atoms with Crippen LogP contribution in [0.5, 0.6) is 0 Å². The molecule has 5 atom stereocenters. The Balaban J connectivity index is 1.12. The molecule has 11 nitrogen and oxygen atoms in total. The Morgan fingerprint density at radius 2 is 1.51 bits per heavy atom. The number of rotatable bonds is 7. The van der Waals surface area contributed by atoms with Crippen molar-refractivity contribution in [3.63, 3.8) is 0 Å². The molecule has 4 aromatic rings. The Labute approximate surface area is 335 Å². The van der Waals surface area contributed by atoms with Crippen molar-refractivity contribution in [2.45, 2.75) is 81.1 Å². The first-order valence-electron chi connectivity index (χ1n) is 20.2. The molecule has 0 bridgehead atoms. The van der Waals surface area contributed by atoms with Gasteiger partial charge in [-0.2, -0.15) is 0 Å². The first-order valence-corrected chi connectivity index (χ1v) is 23.3. The van der Waals surface area contributed by atoms with E-state index in [9.17, 15) is 19.5 Å². The second-order valence-corrected chi connectivity index (χ2v) is 21.0. The summed E-state index contributed by atoms with van der Waals surface area (Å²) in [4.78, 5) is 64.0. The topological polar surface area (TPSA) is 126 Å². The third kappa shape index (κ3) is 5.95. The van der Waals surface area contributed by atoms with Crippen LogP contribution in [0.25, 0.3) is 0 Å². The van der Waals surface area contributed by atoms with E-state index in [0.717, 1.165) is 29.9 Å². The fourth-order valence-corrected chi connectivity index (χ4v) is 13.2. The van der Waals surface area contributed by atoms with Crippen molar-refractivity contribution >= 4 is 48.8 Å². The summed E-state index contributed by atoms with van der Waals surface area (Å²) in [5.41, 5.74) is 3.04. The Morgan fingerprint density at radius 1 is 0.860 bits per heavy atom. The number of fused-ring (bicyclic) bond motifs is 3. The Hall–Kier alpha value is -4.85. The molecule has 9 rings (SSSR count). The molecule has 3 N–H and O–H groups in total. The molecule has 2 spiro atoms. The largest absolute Gasteiger partial charge is 0.432 e. The molecule has 0 radical (unpaired) electrons. The second kappa shape index (κ2) is 14.2. The van der Waals surface area contributed by atoms with Crippen molar-refractivity contribution < 1.29 is 29.0 Å². The molecular weight excluding hydrogens is 735 g/mol. The molecule has 0 aliphatic carbocycles. The number of carbonyl (C=O) groups is 3. The van der Waals surface area contributed by atoms with E-state index in [-0.39, 0.29) is 36.8 Å². The van der Waals surface area contributed by atoms with Crippen LogP contribution in [0.15, 0.2) is 103 Å². The number of aliphatic hydroxyl groups is 1. The van der Waals surface area contributed by atoms with Gasteiger partial charge in [-0.1, -0.05) is 67.6 Å². The molecule has 5 aliphatic rings. The summed E-state index contributed by atoms with van der Waals surface area (Å²) in [6, 6.07) is 32.9. The first-order chi connectivity index (χ1) is 27.5. The maximum absolute atomic E-state index is 15.3. The van der Waals surface area contributed by atoms with Crippen LogP contribution in [0, 0.1) is 5.92 Å². The minimum absolute atomic E-state index is 0.0262. The van der Waals surface area contributed by atoms with Gasteiger partial charge in [0.15, 0.2) is 13.9 Å². The number of para-hydroxylation sites is 2. The average molecular weight is 786 g/mol. The molecule has 57 heavy (non-hydrogen) atoms. The van der Waals surface area contributed by atoms with Crippen LogP contribution in [0.2, 0.25) is 18.6 Å². The Bertz CT molecular complexity index is 2190. The lowest BCUT2D eigenvalue weighted by atomic mass is 9.82. The minimum atomic E-state index is -3.11. The fraction of sp³-hybridized carbons (Fsp3) is 0.400. The molecule has 0 saturated carbocycles. The van der Waals surface area contributed by atoms with E-state index in [1.54, 1.807) is 9.80 Å². The smallest absolute Gasteiger partial charge is 0.268 e. The van der Waals surface area contributed by atoms with Gasteiger partial charge in [0.05, 0.1) is 37.5 Å². The van der Waals surface area contributed by atoms with Gasteiger partial charge in [0, 0.05) is 40.6 Å². The minimum Gasteiger partial charge on any atom is -0.432 e. The lowest BCUT2D eigenvalue weighted by Gasteiger charge is -2.39. The van der Waals surface area contributed by atoms with Gasteiger partial charge in [0.2, 0.25) is 5.91 Å². The number of carbonyl (C=O) groups excluding carboxylic acids is 3. The summed E-state index contributed by atoms with van der Waals surface area (Å²) in [5, 5.41) is 13.9. The SMILES string of the molecule is C[C@H]1[C@H]([Si](C)(C)O)[C@@H](CC(=O)N2Cc3ccccc3C[C@H]2CO)O[C@]12C(=O)N(c1ccccc1)c1ccc(N3CN(c4ccccc4)C4(CCNCC4)C3=O)cc12. The van der Waals surface area contributed by atoms with Crippen LogP contribution < -0.4 is 20.0 Å². The van der Waals surface area contributed by atoms with Crippen molar-refractivity contribution in [3.8, 4) is 0 Å². The lowest BCUT2D eigenvalue weighted by molar-refractivity contribution is -0.150. The highest BCUT2D eigenvalue weighted by atomic mass is 28.4. The third-order valence-corrected chi connectivity index (χ3v) is 15.9. The first kappa shape index (κ1) is 37.7. The highest BCUT2D eigenvalue weighted by molar-refractivity contribution is 6.71. The number of anilines is 4. The molecule has 3 saturated heterocycles. The summed E-state index contributed by atoms with van der Waals surface area (Å²) in [7, 11) is -3.11. The van der Waals surface area contributed by atoms with E-state index in [1.807, 2.05) is 116 Å². The number of nitrogens with zero attached hydrogens (tertiary/aromatic N) is 4. The summed E-state index contributed by atoms with van der Waals surface area (Å²) in [5.74, 6) is -0.950. The van der Waals surface area contributed by atoms with Crippen molar-refractivity contribution in [1.82, 2.24) is 10.2 Å². The van der Waals surface area contributed by atoms with Gasteiger partial charge in [-0.05, 0) is 99.0 Å².